The molecule has 6 nitrogen and oxygen atoms in total. The van der Waals surface area contributed by atoms with Crippen molar-refractivity contribution in [3.8, 4) is 5.75 Å². The molecule has 7 heteroatoms. The molecule has 0 saturated carbocycles. The van der Waals surface area contributed by atoms with Gasteiger partial charge in [0, 0.05) is 26.2 Å². The zero-order chi connectivity index (χ0) is 22.9. The number of hydrogen-bond acceptors (Lipinski definition) is 4. The fourth-order valence-electron chi connectivity index (χ4n) is 3.78. The molecule has 0 aliphatic carbocycles. The zero-order valence-electron chi connectivity index (χ0n) is 18.9. The molecule has 0 radical (unpaired) electrons. The normalized spacial score (nSPS) is 15.6. The molecule has 168 valence electrons. The summed E-state index contributed by atoms with van der Waals surface area (Å²) in [7, 11) is -3.59. The van der Waals surface area contributed by atoms with E-state index in [2.05, 4.69) is 13.8 Å². The molecule has 0 bridgehead atoms. The Morgan fingerprint density at radius 3 is 2.03 bits per heavy atom. The summed E-state index contributed by atoms with van der Waals surface area (Å²) in [6, 6.07) is 10.5. The standard InChI is InChI=1S/C24H32N2O4S/c1-16(2)19-14-21(17(3)4)23(27)22(15-19)24(28)25-10-12-26(13-11-25)31(29,30)20-8-6-18(5)7-9-20/h6-9,14-17,27H,10-13H2,1-5H3. The van der Waals surface area contributed by atoms with Gasteiger partial charge in [-0.3, -0.25) is 4.79 Å². The van der Waals surface area contributed by atoms with Crippen molar-refractivity contribution in [2.75, 3.05) is 26.2 Å². The van der Waals surface area contributed by atoms with E-state index in [0.717, 1.165) is 16.7 Å². The number of piperazine rings is 1. The number of carbonyl (C=O) groups is 1. The third-order valence-corrected chi connectivity index (χ3v) is 7.78. The van der Waals surface area contributed by atoms with Crippen LogP contribution >= 0.6 is 0 Å². The highest BCUT2D eigenvalue weighted by Gasteiger charge is 2.31. The summed E-state index contributed by atoms with van der Waals surface area (Å²) in [4.78, 5) is 15.1. The Morgan fingerprint density at radius 2 is 1.52 bits per heavy atom. The van der Waals surface area contributed by atoms with Crippen LogP contribution in [0.1, 0.15) is 66.6 Å². The zero-order valence-corrected chi connectivity index (χ0v) is 19.7. The first-order valence-corrected chi connectivity index (χ1v) is 12.2. The van der Waals surface area contributed by atoms with Crippen molar-refractivity contribution in [3.05, 3.63) is 58.7 Å². The highest BCUT2D eigenvalue weighted by molar-refractivity contribution is 7.89. The van der Waals surface area contributed by atoms with Gasteiger partial charge in [0.05, 0.1) is 10.5 Å². The number of carbonyl (C=O) groups excluding carboxylic acids is 1. The van der Waals surface area contributed by atoms with E-state index in [4.69, 9.17) is 0 Å². The number of benzene rings is 2. The topological polar surface area (TPSA) is 77.9 Å². The minimum Gasteiger partial charge on any atom is -0.507 e. The van der Waals surface area contributed by atoms with Crippen LogP contribution in [0.3, 0.4) is 0 Å². The smallest absolute Gasteiger partial charge is 0.257 e. The molecule has 1 saturated heterocycles. The number of hydrogen-bond donors (Lipinski definition) is 1. The van der Waals surface area contributed by atoms with Crippen molar-refractivity contribution < 1.29 is 18.3 Å². The summed E-state index contributed by atoms with van der Waals surface area (Å²) in [6.07, 6.45) is 0. The van der Waals surface area contributed by atoms with Gasteiger partial charge < -0.3 is 10.0 Å². The third-order valence-electron chi connectivity index (χ3n) is 5.87. The van der Waals surface area contributed by atoms with Crippen molar-refractivity contribution in [2.45, 2.75) is 51.3 Å². The van der Waals surface area contributed by atoms with Gasteiger partial charge in [-0.25, -0.2) is 8.42 Å². The van der Waals surface area contributed by atoms with Crippen LogP contribution in [0.25, 0.3) is 0 Å². The maximum Gasteiger partial charge on any atom is 0.257 e. The second-order valence-electron chi connectivity index (χ2n) is 8.83. The Bertz CT molecular complexity index is 1050. The van der Waals surface area contributed by atoms with Gasteiger partial charge in [-0.2, -0.15) is 4.31 Å². The van der Waals surface area contributed by atoms with Crippen molar-refractivity contribution in [1.29, 1.82) is 0 Å². The number of nitrogens with zero attached hydrogens (tertiary/aromatic N) is 2. The Hall–Kier alpha value is -2.38. The van der Waals surface area contributed by atoms with E-state index < -0.39 is 10.0 Å². The minimum absolute atomic E-state index is 0.0270. The average molecular weight is 445 g/mol. The molecule has 0 spiro atoms. The summed E-state index contributed by atoms with van der Waals surface area (Å²) < 4.78 is 27.3. The maximum atomic E-state index is 13.2. The van der Waals surface area contributed by atoms with E-state index in [1.54, 1.807) is 35.2 Å². The van der Waals surface area contributed by atoms with Gasteiger partial charge in [0.2, 0.25) is 10.0 Å². The van der Waals surface area contributed by atoms with Crippen molar-refractivity contribution in [1.82, 2.24) is 9.21 Å². The van der Waals surface area contributed by atoms with Gasteiger partial charge >= 0.3 is 0 Å². The lowest BCUT2D eigenvalue weighted by Gasteiger charge is -2.34. The molecule has 3 rings (SSSR count). The molecule has 1 amide bonds. The number of aromatic hydroxyl groups is 1. The molecule has 2 aromatic rings. The molecular weight excluding hydrogens is 412 g/mol. The fourth-order valence-corrected chi connectivity index (χ4v) is 5.20. The molecule has 1 aliphatic heterocycles. The Morgan fingerprint density at radius 1 is 0.935 bits per heavy atom. The molecule has 0 atom stereocenters. The van der Waals surface area contributed by atoms with Crippen molar-refractivity contribution in [3.63, 3.8) is 0 Å². The number of amides is 1. The van der Waals surface area contributed by atoms with Gasteiger partial charge in [-0.05, 0) is 48.1 Å². The average Bonchev–Trinajstić information content (AvgIpc) is 2.73. The molecule has 31 heavy (non-hydrogen) atoms. The second-order valence-corrected chi connectivity index (χ2v) is 10.8. The van der Waals surface area contributed by atoms with Crippen LogP contribution in [0.2, 0.25) is 0 Å². The number of sulfonamides is 1. The van der Waals surface area contributed by atoms with Gasteiger partial charge in [0.25, 0.3) is 5.91 Å². The molecular formula is C24H32N2O4S. The lowest BCUT2D eigenvalue weighted by Crippen LogP contribution is -2.50. The van der Waals surface area contributed by atoms with Crippen LogP contribution in [-0.4, -0.2) is 54.8 Å². The van der Waals surface area contributed by atoms with Gasteiger partial charge in [-0.15, -0.1) is 0 Å². The van der Waals surface area contributed by atoms with E-state index in [0.29, 0.717) is 5.56 Å². The van der Waals surface area contributed by atoms with Crippen molar-refractivity contribution in [2.24, 2.45) is 0 Å². The number of rotatable bonds is 5. The molecule has 1 fully saturated rings. The summed E-state index contributed by atoms with van der Waals surface area (Å²) in [6.45, 7) is 11.0. The maximum absolute atomic E-state index is 13.2. The number of phenols is 1. The van der Waals surface area contributed by atoms with E-state index in [1.165, 1.54) is 4.31 Å². The number of phenolic OH excluding ortho intramolecular Hbond substituents is 1. The van der Waals surface area contributed by atoms with E-state index >= 15 is 0 Å². The number of aryl methyl sites for hydroxylation is 1. The highest BCUT2D eigenvalue weighted by atomic mass is 32.2. The summed E-state index contributed by atoms with van der Waals surface area (Å²) in [5, 5.41) is 10.8. The first-order valence-electron chi connectivity index (χ1n) is 10.7. The molecule has 2 aromatic carbocycles. The molecule has 0 unspecified atom stereocenters. The van der Waals surface area contributed by atoms with Crippen LogP contribution in [0.15, 0.2) is 41.3 Å². The highest BCUT2D eigenvalue weighted by Crippen LogP contribution is 2.34. The molecule has 1 aliphatic rings. The van der Waals surface area contributed by atoms with Crippen LogP contribution < -0.4 is 0 Å². The predicted octanol–water partition coefficient (Wildman–Crippen LogP) is 4.09. The first kappa shape index (κ1) is 23.3. The Labute approximate surface area is 185 Å². The molecule has 1 heterocycles. The van der Waals surface area contributed by atoms with E-state index in [9.17, 15) is 18.3 Å². The fraction of sp³-hybridized carbons (Fsp3) is 0.458. The van der Waals surface area contributed by atoms with Crippen LogP contribution in [0.5, 0.6) is 5.75 Å². The monoisotopic (exact) mass is 444 g/mol. The molecule has 0 aromatic heterocycles. The van der Waals surface area contributed by atoms with Gasteiger partial charge in [0.1, 0.15) is 5.75 Å². The predicted molar refractivity (Wildman–Crippen MR) is 122 cm³/mol. The summed E-state index contributed by atoms with van der Waals surface area (Å²) >= 11 is 0. The lowest BCUT2D eigenvalue weighted by atomic mass is 9.91. The van der Waals surface area contributed by atoms with E-state index in [1.807, 2.05) is 26.8 Å². The summed E-state index contributed by atoms with van der Waals surface area (Å²) in [5.41, 5.74) is 3.06. The quantitative estimate of drug-likeness (QED) is 0.753. The first-order chi connectivity index (χ1) is 14.5. The van der Waals surface area contributed by atoms with Gasteiger partial charge in [0.15, 0.2) is 0 Å². The molecule has 1 N–H and O–H groups in total. The Kier molecular flexibility index (Phi) is 6.76. The lowest BCUT2D eigenvalue weighted by molar-refractivity contribution is 0.0694. The van der Waals surface area contributed by atoms with Crippen LogP contribution in [0, 0.1) is 6.92 Å². The summed E-state index contributed by atoms with van der Waals surface area (Å²) in [5.74, 6) is 0.0799. The van der Waals surface area contributed by atoms with Crippen LogP contribution in [-0.2, 0) is 10.0 Å². The largest absolute Gasteiger partial charge is 0.507 e. The third kappa shape index (κ3) is 4.77. The Balaban J connectivity index is 1.80. The van der Waals surface area contributed by atoms with Crippen LogP contribution in [0.4, 0.5) is 0 Å². The van der Waals surface area contributed by atoms with Crippen molar-refractivity contribution >= 4 is 15.9 Å². The van der Waals surface area contributed by atoms with E-state index in [-0.39, 0.29) is 54.6 Å². The van der Waals surface area contributed by atoms with Gasteiger partial charge in [-0.1, -0.05) is 51.5 Å². The second kappa shape index (κ2) is 9.01. The minimum atomic E-state index is -3.59. The SMILES string of the molecule is Cc1ccc(S(=O)(=O)N2CCN(C(=O)c3cc(C(C)C)cc(C(C)C)c3O)CC2)cc1.